The summed E-state index contributed by atoms with van der Waals surface area (Å²) in [5.41, 5.74) is -1.93. The van der Waals surface area contributed by atoms with Crippen molar-refractivity contribution in [2.45, 2.75) is 5.60 Å². The van der Waals surface area contributed by atoms with Crippen LogP contribution in [0.1, 0.15) is 12.5 Å². The molecule has 0 aliphatic carbocycles. The fourth-order valence-corrected chi connectivity index (χ4v) is 2.89. The van der Waals surface area contributed by atoms with Crippen molar-refractivity contribution in [2.24, 2.45) is 0 Å². The first-order valence-corrected chi connectivity index (χ1v) is 6.06. The fourth-order valence-electron chi connectivity index (χ4n) is 1.34. The van der Waals surface area contributed by atoms with Crippen LogP contribution in [0, 0.1) is 0 Å². The molecule has 0 atom stereocenters. The van der Waals surface area contributed by atoms with E-state index in [4.69, 9.17) is 2.74 Å². The number of rotatable bonds is 3. The van der Waals surface area contributed by atoms with Crippen molar-refractivity contribution < 1.29 is 17.4 Å². The molecule has 0 unspecified atom stereocenters. The molecule has 3 nitrogen and oxygen atoms in total. The van der Waals surface area contributed by atoms with E-state index in [1.165, 1.54) is 31.4 Å². The van der Waals surface area contributed by atoms with E-state index in [1.54, 1.807) is 0 Å². The molecule has 2 heterocycles. The zero-order valence-electron chi connectivity index (χ0n) is 10.4. The smallest absolute Gasteiger partial charge is 0.349 e. The number of ether oxygens (including phenoxy) is 1. The van der Waals surface area contributed by atoms with Crippen LogP contribution in [0.3, 0.4) is 0 Å². The Balaban J connectivity index is 2.57. The van der Waals surface area contributed by atoms with E-state index in [0.717, 1.165) is 22.7 Å². The van der Waals surface area contributed by atoms with Gasteiger partial charge in [-0.15, -0.1) is 22.7 Å². The topological polar surface area (TPSA) is 46.5 Å². The van der Waals surface area contributed by atoms with E-state index in [2.05, 4.69) is 4.74 Å². The number of hydrogen-bond donors (Lipinski definition) is 1. The average Bonchev–Trinajstić information content (AvgIpc) is 2.96. The summed E-state index contributed by atoms with van der Waals surface area (Å²) >= 11 is 2.01. The van der Waals surface area contributed by atoms with E-state index in [9.17, 15) is 9.90 Å². The van der Waals surface area contributed by atoms with Crippen LogP contribution in [0.15, 0.2) is 35.0 Å². The molecule has 1 N–H and O–H groups in total. The summed E-state index contributed by atoms with van der Waals surface area (Å²) in [4.78, 5) is 12.5. The van der Waals surface area contributed by atoms with E-state index in [0.29, 0.717) is 9.75 Å². The number of thiophene rings is 2. The summed E-state index contributed by atoms with van der Waals surface area (Å²) in [5.74, 6) is -0.814. The monoisotopic (exact) mass is 256 g/mol. The van der Waals surface area contributed by atoms with Gasteiger partial charge in [0, 0.05) is 0 Å². The normalized spacial score (nSPS) is 13.1. The first-order chi connectivity index (χ1) is 8.48. The van der Waals surface area contributed by atoms with Gasteiger partial charge >= 0.3 is 5.97 Å². The van der Waals surface area contributed by atoms with Crippen LogP contribution < -0.4 is 0 Å². The molecule has 2 rings (SSSR count). The molecule has 0 spiro atoms. The quantitative estimate of drug-likeness (QED) is 0.857. The van der Waals surface area contributed by atoms with Crippen molar-refractivity contribution in [2.75, 3.05) is 7.11 Å². The lowest BCUT2D eigenvalue weighted by atomic mass is 10.0. The molecule has 0 saturated carbocycles. The zero-order chi connectivity index (χ0) is 13.3. The molecule has 2 aromatic rings. The number of methoxy groups -OCH3 is 1. The van der Waals surface area contributed by atoms with E-state index >= 15 is 0 Å². The van der Waals surface area contributed by atoms with Gasteiger partial charge < -0.3 is 9.84 Å². The molecule has 0 amide bonds. The molecule has 0 aliphatic heterocycles. The highest BCUT2D eigenvalue weighted by molar-refractivity contribution is 7.12. The first kappa shape index (κ1) is 8.92. The fraction of sp³-hybridized carbons (Fsp3) is 0.182. The summed E-state index contributed by atoms with van der Waals surface area (Å²) in [6.07, 6.45) is 0. The van der Waals surface area contributed by atoms with E-state index < -0.39 is 11.6 Å². The minimum absolute atomic E-state index is 0.245. The van der Waals surface area contributed by atoms with E-state index in [1.807, 2.05) is 0 Å². The molecule has 16 heavy (non-hydrogen) atoms. The van der Waals surface area contributed by atoms with Crippen LogP contribution >= 0.6 is 22.7 Å². The lowest BCUT2D eigenvalue weighted by Gasteiger charge is -2.22. The van der Waals surface area contributed by atoms with Gasteiger partial charge in [0.2, 0.25) is 5.60 Å². The van der Waals surface area contributed by atoms with Crippen LogP contribution in [-0.2, 0) is 15.1 Å². The largest absolute Gasteiger partial charge is 0.466 e. The highest BCUT2D eigenvalue weighted by Gasteiger charge is 2.43. The van der Waals surface area contributed by atoms with Crippen LogP contribution in [0.2, 0.25) is 0 Å². The summed E-state index contributed by atoms with van der Waals surface area (Å²) in [5, 5.41) is 11.1. The molecule has 5 heteroatoms. The van der Waals surface area contributed by atoms with Gasteiger partial charge in [-0.1, -0.05) is 12.1 Å². The van der Waals surface area contributed by atoms with E-state index in [-0.39, 0.29) is 10.7 Å². The third-order valence-electron chi connectivity index (χ3n) is 2.14. The van der Waals surface area contributed by atoms with Crippen molar-refractivity contribution in [1.29, 1.82) is 0 Å². The van der Waals surface area contributed by atoms with Crippen molar-refractivity contribution in [3.8, 4) is 0 Å². The van der Waals surface area contributed by atoms with Gasteiger partial charge in [-0.2, -0.15) is 0 Å². The highest BCUT2D eigenvalue weighted by Crippen LogP contribution is 2.36. The predicted octanol–water partition coefficient (Wildman–Crippen LogP) is 2.22. The Kier molecular flexibility index (Phi) is 2.44. The molecule has 0 saturated heterocycles. The summed E-state index contributed by atoms with van der Waals surface area (Å²) in [6, 6.07) is 6.05. The molecular formula is C11H10O3S2. The van der Waals surface area contributed by atoms with Gasteiger partial charge in [0.15, 0.2) is 0 Å². The summed E-state index contributed by atoms with van der Waals surface area (Å²) < 4.78 is 19.6. The number of carbonyl (C=O) groups is 1. The Morgan fingerprint density at radius 1 is 1.38 bits per heavy atom. The molecule has 0 bridgehead atoms. The summed E-state index contributed by atoms with van der Waals surface area (Å²) in [7, 11) is 1.19. The van der Waals surface area contributed by atoms with Gasteiger partial charge in [0.25, 0.3) is 0 Å². The Labute approximate surface area is 104 Å². The average molecular weight is 256 g/mol. The maximum Gasteiger partial charge on any atom is 0.349 e. The van der Waals surface area contributed by atoms with Gasteiger partial charge in [-0.25, -0.2) is 4.79 Å². The summed E-state index contributed by atoms with van der Waals surface area (Å²) in [6.45, 7) is 0. The van der Waals surface area contributed by atoms with Crippen LogP contribution in [0.5, 0.6) is 0 Å². The molecule has 2 aromatic heterocycles. The third-order valence-corrected chi connectivity index (χ3v) is 3.95. The Hall–Kier alpha value is -1.17. The maximum absolute atomic E-state index is 11.9. The number of hydrogen-bond acceptors (Lipinski definition) is 5. The second-order valence-electron chi connectivity index (χ2n) is 3.04. The van der Waals surface area contributed by atoms with Crippen molar-refractivity contribution in [3.05, 3.63) is 44.7 Å². The predicted molar refractivity (Wildman–Crippen MR) is 63.7 cm³/mol. The van der Waals surface area contributed by atoms with Crippen LogP contribution in [0.25, 0.3) is 0 Å². The number of aliphatic hydroxyl groups is 1. The lowest BCUT2D eigenvalue weighted by molar-refractivity contribution is -0.158. The van der Waals surface area contributed by atoms with Crippen molar-refractivity contribution >= 4 is 28.6 Å². The van der Waals surface area contributed by atoms with Crippen molar-refractivity contribution in [1.82, 2.24) is 0 Å². The molecule has 84 valence electrons. The second-order valence-corrected chi connectivity index (χ2v) is 4.80. The third kappa shape index (κ3) is 1.67. The zero-order valence-corrected chi connectivity index (χ0v) is 10.0. The maximum atomic E-state index is 11.9. The Morgan fingerprint density at radius 3 is 2.19 bits per heavy atom. The number of esters is 1. The molecule has 0 fully saturated rings. The minimum Gasteiger partial charge on any atom is -0.466 e. The van der Waals surface area contributed by atoms with Crippen LogP contribution in [0.4, 0.5) is 0 Å². The standard InChI is InChI=1S/C11H10O3S2/c1-14-10(12)11(13,8-4-2-6-15-8)9-5-3-7-16-9/h2-7,13H,1H3/i6D,7D. The molecule has 0 aliphatic rings. The second kappa shape index (κ2) is 4.37. The minimum atomic E-state index is -1.93. The van der Waals surface area contributed by atoms with Gasteiger partial charge in [0.05, 0.1) is 19.6 Å². The molecule has 0 radical (unpaired) electrons. The van der Waals surface area contributed by atoms with Crippen molar-refractivity contribution in [3.63, 3.8) is 0 Å². The number of carbonyl (C=O) groups excluding carboxylic acids is 1. The Bertz CT molecular complexity index is 536. The van der Waals surface area contributed by atoms with Crippen LogP contribution in [-0.4, -0.2) is 18.2 Å². The van der Waals surface area contributed by atoms with Gasteiger partial charge in [-0.05, 0) is 22.8 Å². The highest BCUT2D eigenvalue weighted by atomic mass is 32.1. The Morgan fingerprint density at radius 2 is 1.88 bits per heavy atom. The van der Waals surface area contributed by atoms with Gasteiger partial charge in [-0.3, -0.25) is 0 Å². The lowest BCUT2D eigenvalue weighted by Crippen LogP contribution is -2.36. The SMILES string of the molecule is [2H]c1ccc(C(O)(C(=O)OC)c2ccc([2H])s2)s1. The molecular weight excluding hydrogens is 244 g/mol. The molecule has 0 aromatic carbocycles. The van der Waals surface area contributed by atoms with Gasteiger partial charge in [0.1, 0.15) is 0 Å². The first-order valence-electron chi connectivity index (χ1n) is 5.43.